The van der Waals surface area contributed by atoms with E-state index in [1.54, 1.807) is 24.1 Å². The maximum Gasteiger partial charge on any atom is 0.254 e. The number of aromatic nitrogens is 1. The minimum absolute atomic E-state index is 0.0499. The third-order valence-electron chi connectivity index (χ3n) is 2.45. The van der Waals surface area contributed by atoms with E-state index in [2.05, 4.69) is 4.98 Å². The Bertz CT molecular complexity index is 380. The summed E-state index contributed by atoms with van der Waals surface area (Å²) < 4.78 is 5.00. The molecule has 0 saturated heterocycles. The van der Waals surface area contributed by atoms with Crippen LogP contribution in [-0.2, 0) is 4.74 Å². The van der Waals surface area contributed by atoms with Gasteiger partial charge in [-0.3, -0.25) is 4.79 Å². The first-order valence-corrected chi connectivity index (χ1v) is 5.57. The average Bonchev–Trinajstić information content (AvgIpc) is 2.29. The number of hydrogen-bond donors (Lipinski definition) is 1. The number of anilines is 1. The number of nitrogen functional groups attached to an aromatic ring is 1. The van der Waals surface area contributed by atoms with Crippen molar-refractivity contribution in [1.82, 2.24) is 9.88 Å². The molecule has 1 amide bonds. The normalized spacial score (nSPS) is 10.6. The summed E-state index contributed by atoms with van der Waals surface area (Å²) in [5.41, 5.74) is 6.12. The fraction of sp³-hybridized carbons (Fsp3) is 0.500. The van der Waals surface area contributed by atoms with Gasteiger partial charge in [-0.2, -0.15) is 0 Å². The number of carbonyl (C=O) groups is 1. The summed E-state index contributed by atoms with van der Waals surface area (Å²) in [6.45, 7) is 5.02. The van der Waals surface area contributed by atoms with Crippen LogP contribution in [0.4, 0.5) is 5.82 Å². The van der Waals surface area contributed by atoms with E-state index in [-0.39, 0.29) is 11.9 Å². The van der Waals surface area contributed by atoms with E-state index in [0.717, 1.165) is 0 Å². The molecule has 1 aromatic rings. The smallest absolute Gasteiger partial charge is 0.254 e. The van der Waals surface area contributed by atoms with Gasteiger partial charge in [-0.05, 0) is 26.0 Å². The molecule has 1 aromatic heterocycles. The quantitative estimate of drug-likeness (QED) is 0.834. The van der Waals surface area contributed by atoms with Crippen molar-refractivity contribution in [2.45, 2.75) is 19.9 Å². The molecule has 0 fully saturated rings. The van der Waals surface area contributed by atoms with Crippen molar-refractivity contribution in [2.75, 3.05) is 26.0 Å². The molecule has 1 heterocycles. The highest BCUT2D eigenvalue weighted by Gasteiger charge is 2.18. The van der Waals surface area contributed by atoms with Crippen LogP contribution in [0, 0.1) is 0 Å². The van der Waals surface area contributed by atoms with Crippen LogP contribution < -0.4 is 5.73 Å². The van der Waals surface area contributed by atoms with Crippen molar-refractivity contribution < 1.29 is 9.53 Å². The van der Waals surface area contributed by atoms with Gasteiger partial charge in [0.2, 0.25) is 0 Å². The molecule has 2 N–H and O–H groups in total. The van der Waals surface area contributed by atoms with Gasteiger partial charge in [0.15, 0.2) is 0 Å². The van der Waals surface area contributed by atoms with E-state index in [1.807, 2.05) is 13.8 Å². The lowest BCUT2D eigenvalue weighted by molar-refractivity contribution is 0.0635. The van der Waals surface area contributed by atoms with E-state index in [1.165, 1.54) is 6.20 Å². The van der Waals surface area contributed by atoms with Gasteiger partial charge >= 0.3 is 0 Å². The van der Waals surface area contributed by atoms with Crippen molar-refractivity contribution in [1.29, 1.82) is 0 Å². The van der Waals surface area contributed by atoms with E-state index >= 15 is 0 Å². The highest BCUT2D eigenvalue weighted by Crippen LogP contribution is 2.10. The predicted molar refractivity (Wildman–Crippen MR) is 66.7 cm³/mol. The summed E-state index contributed by atoms with van der Waals surface area (Å²) in [4.78, 5) is 17.9. The molecule has 0 saturated carbocycles. The van der Waals surface area contributed by atoms with Crippen LogP contribution in [0.5, 0.6) is 0 Å². The topological polar surface area (TPSA) is 68.5 Å². The fourth-order valence-corrected chi connectivity index (χ4v) is 1.53. The second-order valence-corrected chi connectivity index (χ2v) is 4.05. The van der Waals surface area contributed by atoms with Gasteiger partial charge in [-0.15, -0.1) is 0 Å². The summed E-state index contributed by atoms with van der Waals surface area (Å²) in [7, 11) is 1.62. The van der Waals surface area contributed by atoms with Crippen LogP contribution >= 0.6 is 0 Å². The Kier molecular flexibility index (Phi) is 4.90. The van der Waals surface area contributed by atoms with Crippen LogP contribution in [0.15, 0.2) is 18.3 Å². The van der Waals surface area contributed by atoms with Crippen LogP contribution in [0.3, 0.4) is 0 Å². The first-order valence-electron chi connectivity index (χ1n) is 5.57. The second kappa shape index (κ2) is 6.20. The molecular weight excluding hydrogens is 218 g/mol. The van der Waals surface area contributed by atoms with Crippen LogP contribution in [0.25, 0.3) is 0 Å². The minimum Gasteiger partial charge on any atom is -0.384 e. The number of hydrogen-bond acceptors (Lipinski definition) is 4. The Hall–Kier alpha value is -1.62. The van der Waals surface area contributed by atoms with Gasteiger partial charge in [0.1, 0.15) is 5.82 Å². The Labute approximate surface area is 102 Å². The largest absolute Gasteiger partial charge is 0.384 e. The zero-order valence-corrected chi connectivity index (χ0v) is 10.5. The summed E-state index contributed by atoms with van der Waals surface area (Å²) in [6.07, 6.45) is 1.54. The third kappa shape index (κ3) is 3.71. The number of methoxy groups -OCH3 is 1. The SMILES string of the molecule is COCCN(C(=O)c1ccnc(N)c1)C(C)C. The lowest BCUT2D eigenvalue weighted by Gasteiger charge is -2.26. The molecule has 0 spiro atoms. The molecule has 0 radical (unpaired) electrons. The van der Waals surface area contributed by atoms with Gasteiger partial charge < -0.3 is 15.4 Å². The molecule has 5 heteroatoms. The van der Waals surface area contributed by atoms with Crippen molar-refractivity contribution in [3.8, 4) is 0 Å². The summed E-state index contributed by atoms with van der Waals surface area (Å²) in [6, 6.07) is 3.37. The summed E-state index contributed by atoms with van der Waals surface area (Å²) in [5, 5.41) is 0. The Morgan fingerprint density at radius 1 is 1.59 bits per heavy atom. The molecule has 0 aliphatic carbocycles. The van der Waals surface area contributed by atoms with Crippen molar-refractivity contribution in [3.63, 3.8) is 0 Å². The molecule has 0 aliphatic rings. The Morgan fingerprint density at radius 3 is 2.82 bits per heavy atom. The third-order valence-corrected chi connectivity index (χ3v) is 2.45. The molecule has 0 aliphatic heterocycles. The standard InChI is InChI=1S/C12H19N3O2/c1-9(2)15(6-7-17-3)12(16)10-4-5-14-11(13)8-10/h4-5,8-9H,6-7H2,1-3H3,(H2,13,14). The fourth-order valence-electron chi connectivity index (χ4n) is 1.53. The zero-order chi connectivity index (χ0) is 12.8. The van der Waals surface area contributed by atoms with Gasteiger partial charge in [0.05, 0.1) is 6.61 Å². The van der Waals surface area contributed by atoms with Gasteiger partial charge in [0.25, 0.3) is 5.91 Å². The lowest BCUT2D eigenvalue weighted by atomic mass is 10.2. The van der Waals surface area contributed by atoms with Gasteiger partial charge in [-0.1, -0.05) is 0 Å². The maximum absolute atomic E-state index is 12.2. The van der Waals surface area contributed by atoms with E-state index in [9.17, 15) is 4.79 Å². The molecule has 0 bridgehead atoms. The van der Waals surface area contributed by atoms with Crippen LogP contribution in [-0.4, -0.2) is 42.1 Å². The molecule has 0 aromatic carbocycles. The van der Waals surface area contributed by atoms with Crippen molar-refractivity contribution in [2.24, 2.45) is 0 Å². The van der Waals surface area contributed by atoms with E-state index in [4.69, 9.17) is 10.5 Å². The zero-order valence-electron chi connectivity index (χ0n) is 10.5. The maximum atomic E-state index is 12.2. The summed E-state index contributed by atoms with van der Waals surface area (Å²) in [5.74, 6) is 0.303. The van der Waals surface area contributed by atoms with E-state index in [0.29, 0.717) is 24.5 Å². The van der Waals surface area contributed by atoms with Crippen LogP contribution in [0.1, 0.15) is 24.2 Å². The molecule has 0 unspecified atom stereocenters. The lowest BCUT2D eigenvalue weighted by Crippen LogP contribution is -2.39. The Morgan fingerprint density at radius 2 is 2.29 bits per heavy atom. The highest BCUT2D eigenvalue weighted by atomic mass is 16.5. The molecular formula is C12H19N3O2. The number of amides is 1. The predicted octanol–water partition coefficient (Wildman–Crippen LogP) is 1.16. The number of ether oxygens (including phenoxy) is 1. The van der Waals surface area contributed by atoms with Crippen molar-refractivity contribution in [3.05, 3.63) is 23.9 Å². The minimum atomic E-state index is -0.0499. The Balaban J connectivity index is 2.84. The summed E-state index contributed by atoms with van der Waals surface area (Å²) >= 11 is 0. The van der Waals surface area contributed by atoms with Crippen molar-refractivity contribution >= 4 is 11.7 Å². The second-order valence-electron chi connectivity index (χ2n) is 4.05. The molecule has 17 heavy (non-hydrogen) atoms. The first kappa shape index (κ1) is 13.4. The monoisotopic (exact) mass is 237 g/mol. The van der Waals surface area contributed by atoms with Crippen LogP contribution in [0.2, 0.25) is 0 Å². The molecule has 94 valence electrons. The van der Waals surface area contributed by atoms with Gasteiger partial charge in [0, 0.05) is 31.5 Å². The first-order chi connectivity index (χ1) is 8.06. The number of nitrogens with zero attached hydrogens (tertiary/aromatic N) is 2. The average molecular weight is 237 g/mol. The number of pyridine rings is 1. The number of rotatable bonds is 5. The van der Waals surface area contributed by atoms with Gasteiger partial charge in [-0.25, -0.2) is 4.98 Å². The number of nitrogens with two attached hydrogens (primary N) is 1. The number of carbonyl (C=O) groups excluding carboxylic acids is 1. The molecule has 1 rings (SSSR count). The molecule has 0 atom stereocenters. The van der Waals surface area contributed by atoms with E-state index < -0.39 is 0 Å². The molecule has 5 nitrogen and oxygen atoms in total. The highest BCUT2D eigenvalue weighted by molar-refractivity contribution is 5.94.